The summed E-state index contributed by atoms with van der Waals surface area (Å²) >= 11 is 0. The zero-order valence-electron chi connectivity index (χ0n) is 12.1. The summed E-state index contributed by atoms with van der Waals surface area (Å²) in [5.41, 5.74) is 0.537. The maximum absolute atomic E-state index is 12.0. The number of hydrogen-bond acceptors (Lipinski definition) is 3. The van der Waals surface area contributed by atoms with Crippen LogP contribution in [0.25, 0.3) is 0 Å². The average molecular weight is 286 g/mol. The van der Waals surface area contributed by atoms with E-state index in [1.54, 1.807) is 31.3 Å². The fourth-order valence-corrected chi connectivity index (χ4v) is 1.87. The molecule has 0 aliphatic rings. The lowest BCUT2D eigenvalue weighted by Crippen LogP contribution is -2.37. The monoisotopic (exact) mass is 286 g/mol. The molecule has 110 valence electrons. The standard InChI is InChI=1S/C16H18N2O3/c1-12-8-9-14(21-12)11-18(2)15(19)10-17-16(20)13-6-4-3-5-7-13/h3-9H,10-11H2,1-2H3,(H,17,20). The van der Waals surface area contributed by atoms with Gasteiger partial charge in [-0.05, 0) is 31.2 Å². The molecule has 1 N–H and O–H groups in total. The highest BCUT2D eigenvalue weighted by atomic mass is 16.3. The first kappa shape index (κ1) is 14.8. The molecule has 0 atom stereocenters. The van der Waals surface area contributed by atoms with E-state index in [2.05, 4.69) is 5.32 Å². The fourth-order valence-electron chi connectivity index (χ4n) is 1.87. The largest absolute Gasteiger partial charge is 0.464 e. The van der Waals surface area contributed by atoms with Crippen molar-refractivity contribution in [2.75, 3.05) is 13.6 Å². The van der Waals surface area contributed by atoms with E-state index in [-0.39, 0.29) is 18.4 Å². The van der Waals surface area contributed by atoms with Crippen LogP contribution in [0.2, 0.25) is 0 Å². The Kier molecular flexibility index (Phi) is 4.77. The van der Waals surface area contributed by atoms with Crippen LogP contribution in [-0.2, 0) is 11.3 Å². The predicted molar refractivity (Wildman–Crippen MR) is 78.7 cm³/mol. The molecule has 0 spiro atoms. The van der Waals surface area contributed by atoms with E-state index in [0.29, 0.717) is 12.1 Å². The molecule has 2 aromatic rings. The molecule has 1 heterocycles. The smallest absolute Gasteiger partial charge is 0.251 e. The van der Waals surface area contributed by atoms with Gasteiger partial charge in [-0.2, -0.15) is 0 Å². The lowest BCUT2D eigenvalue weighted by molar-refractivity contribution is -0.129. The van der Waals surface area contributed by atoms with Crippen molar-refractivity contribution in [3.8, 4) is 0 Å². The fraction of sp³-hybridized carbons (Fsp3) is 0.250. The first-order valence-electron chi connectivity index (χ1n) is 6.69. The third-order valence-electron chi connectivity index (χ3n) is 3.05. The van der Waals surface area contributed by atoms with Gasteiger partial charge in [0.2, 0.25) is 5.91 Å². The van der Waals surface area contributed by atoms with Crippen molar-refractivity contribution in [1.29, 1.82) is 0 Å². The highest BCUT2D eigenvalue weighted by Gasteiger charge is 2.13. The molecule has 21 heavy (non-hydrogen) atoms. The molecule has 2 rings (SSSR count). The van der Waals surface area contributed by atoms with Crippen molar-refractivity contribution in [3.05, 3.63) is 59.5 Å². The second-order valence-corrected chi connectivity index (χ2v) is 4.81. The van der Waals surface area contributed by atoms with Crippen LogP contribution in [0.15, 0.2) is 46.9 Å². The Bertz CT molecular complexity index is 619. The number of furan rings is 1. The quantitative estimate of drug-likeness (QED) is 0.914. The van der Waals surface area contributed by atoms with Crippen molar-refractivity contribution >= 4 is 11.8 Å². The molecule has 1 aromatic carbocycles. The van der Waals surface area contributed by atoms with Crippen LogP contribution < -0.4 is 5.32 Å². The van der Waals surface area contributed by atoms with Gasteiger partial charge in [-0.3, -0.25) is 9.59 Å². The topological polar surface area (TPSA) is 62.6 Å². The van der Waals surface area contributed by atoms with Crippen molar-refractivity contribution < 1.29 is 14.0 Å². The van der Waals surface area contributed by atoms with Crippen molar-refractivity contribution in [1.82, 2.24) is 10.2 Å². The zero-order valence-corrected chi connectivity index (χ0v) is 12.1. The molecule has 1 aromatic heterocycles. The Balaban J connectivity index is 1.82. The summed E-state index contributed by atoms with van der Waals surface area (Å²) in [6.45, 7) is 2.20. The Morgan fingerprint density at radius 2 is 1.86 bits per heavy atom. The van der Waals surface area contributed by atoms with E-state index >= 15 is 0 Å². The number of hydrogen-bond donors (Lipinski definition) is 1. The maximum atomic E-state index is 12.0. The molecular formula is C16H18N2O3. The third kappa shape index (κ3) is 4.21. The third-order valence-corrected chi connectivity index (χ3v) is 3.05. The number of benzene rings is 1. The van der Waals surface area contributed by atoms with Gasteiger partial charge in [-0.1, -0.05) is 18.2 Å². The molecule has 0 saturated heterocycles. The summed E-state index contributed by atoms with van der Waals surface area (Å²) < 4.78 is 5.42. The lowest BCUT2D eigenvalue weighted by atomic mass is 10.2. The van der Waals surface area contributed by atoms with E-state index < -0.39 is 0 Å². The van der Waals surface area contributed by atoms with Gasteiger partial charge in [0.1, 0.15) is 11.5 Å². The molecular weight excluding hydrogens is 268 g/mol. The summed E-state index contributed by atoms with van der Waals surface area (Å²) in [4.78, 5) is 25.3. The zero-order chi connectivity index (χ0) is 15.2. The van der Waals surface area contributed by atoms with Crippen LogP contribution >= 0.6 is 0 Å². The first-order valence-corrected chi connectivity index (χ1v) is 6.69. The minimum atomic E-state index is -0.258. The van der Waals surface area contributed by atoms with Crippen LogP contribution in [-0.4, -0.2) is 30.3 Å². The number of nitrogens with one attached hydrogen (secondary N) is 1. The molecule has 0 aliphatic heterocycles. The minimum absolute atomic E-state index is 0.0378. The molecule has 0 aliphatic carbocycles. The Hall–Kier alpha value is -2.56. The molecule has 0 fully saturated rings. The molecule has 5 heteroatoms. The van der Waals surface area contributed by atoms with Gasteiger partial charge in [0.15, 0.2) is 0 Å². The number of carbonyl (C=O) groups excluding carboxylic acids is 2. The van der Waals surface area contributed by atoms with Gasteiger partial charge in [0, 0.05) is 12.6 Å². The van der Waals surface area contributed by atoms with Crippen molar-refractivity contribution in [2.24, 2.45) is 0 Å². The van der Waals surface area contributed by atoms with Gasteiger partial charge in [-0.15, -0.1) is 0 Å². The van der Waals surface area contributed by atoms with E-state index in [0.717, 1.165) is 11.5 Å². The Morgan fingerprint density at radius 1 is 1.14 bits per heavy atom. The number of rotatable bonds is 5. The molecule has 0 radical (unpaired) electrons. The Labute approximate surface area is 123 Å². The molecule has 5 nitrogen and oxygen atoms in total. The van der Waals surface area contributed by atoms with Crippen LogP contribution in [0.5, 0.6) is 0 Å². The van der Waals surface area contributed by atoms with Gasteiger partial charge in [-0.25, -0.2) is 0 Å². The molecule has 2 amide bonds. The number of likely N-dealkylation sites (N-methyl/N-ethyl adjacent to an activating group) is 1. The van der Waals surface area contributed by atoms with Gasteiger partial charge >= 0.3 is 0 Å². The number of amides is 2. The van der Waals surface area contributed by atoms with E-state index in [1.165, 1.54) is 4.90 Å². The molecule has 0 bridgehead atoms. The van der Waals surface area contributed by atoms with E-state index in [4.69, 9.17) is 4.42 Å². The molecule has 0 unspecified atom stereocenters. The van der Waals surface area contributed by atoms with E-state index in [9.17, 15) is 9.59 Å². The van der Waals surface area contributed by atoms with Gasteiger partial charge in [0.05, 0.1) is 13.1 Å². The lowest BCUT2D eigenvalue weighted by Gasteiger charge is -2.16. The second-order valence-electron chi connectivity index (χ2n) is 4.81. The SMILES string of the molecule is Cc1ccc(CN(C)C(=O)CNC(=O)c2ccccc2)o1. The highest BCUT2D eigenvalue weighted by molar-refractivity contribution is 5.96. The first-order chi connectivity index (χ1) is 10.1. The summed E-state index contributed by atoms with van der Waals surface area (Å²) in [5.74, 6) is 1.10. The van der Waals surface area contributed by atoms with Crippen LogP contribution in [0.4, 0.5) is 0 Å². The number of carbonyl (C=O) groups is 2. The van der Waals surface area contributed by atoms with Crippen LogP contribution in [0, 0.1) is 6.92 Å². The van der Waals surface area contributed by atoms with Gasteiger partial charge in [0.25, 0.3) is 5.91 Å². The summed E-state index contributed by atoms with van der Waals surface area (Å²) in [6.07, 6.45) is 0. The predicted octanol–water partition coefficient (Wildman–Crippen LogP) is 1.98. The summed E-state index contributed by atoms with van der Waals surface area (Å²) in [6, 6.07) is 12.5. The number of nitrogens with zero attached hydrogens (tertiary/aromatic N) is 1. The summed E-state index contributed by atoms with van der Waals surface area (Å²) in [5, 5.41) is 2.61. The minimum Gasteiger partial charge on any atom is -0.464 e. The average Bonchev–Trinajstić information content (AvgIpc) is 2.90. The van der Waals surface area contributed by atoms with Gasteiger partial charge < -0.3 is 14.6 Å². The summed E-state index contributed by atoms with van der Waals surface area (Å²) in [7, 11) is 1.68. The van der Waals surface area contributed by atoms with E-state index in [1.807, 2.05) is 25.1 Å². The van der Waals surface area contributed by atoms with Crippen molar-refractivity contribution in [3.63, 3.8) is 0 Å². The highest BCUT2D eigenvalue weighted by Crippen LogP contribution is 2.08. The molecule has 0 saturated carbocycles. The van der Waals surface area contributed by atoms with Crippen LogP contribution in [0.1, 0.15) is 21.9 Å². The van der Waals surface area contributed by atoms with Crippen molar-refractivity contribution in [2.45, 2.75) is 13.5 Å². The van der Waals surface area contributed by atoms with Crippen LogP contribution in [0.3, 0.4) is 0 Å². The Morgan fingerprint density at radius 3 is 2.48 bits per heavy atom. The number of aryl methyl sites for hydroxylation is 1. The maximum Gasteiger partial charge on any atom is 0.251 e. The normalized spacial score (nSPS) is 10.2. The second kappa shape index (κ2) is 6.74.